The van der Waals surface area contributed by atoms with Crippen LogP contribution in [0.3, 0.4) is 0 Å². The van der Waals surface area contributed by atoms with Gasteiger partial charge in [-0.15, -0.1) is 0 Å². The highest BCUT2D eigenvalue weighted by molar-refractivity contribution is 6.32. The number of aromatic hydroxyl groups is 1. The SMILES string of the molecule is CN(C)[C@H]1C(=O)C(C(N)=O)C(=O)[C@]2(O)C(=O)C3C(=O)c4c(O)ccc(C#CC5(O)CCCCC5)c4C[C@@H]3C[C@H]12. The molecule has 206 valence electrons. The number of benzene rings is 1. The van der Waals surface area contributed by atoms with Gasteiger partial charge in [-0.2, -0.15) is 0 Å². The van der Waals surface area contributed by atoms with Crippen LogP contribution in [0.25, 0.3) is 0 Å². The van der Waals surface area contributed by atoms with E-state index in [2.05, 4.69) is 11.8 Å². The van der Waals surface area contributed by atoms with Crippen LogP contribution in [0.2, 0.25) is 0 Å². The van der Waals surface area contributed by atoms with E-state index in [1.807, 2.05) is 0 Å². The zero-order valence-corrected chi connectivity index (χ0v) is 21.9. The van der Waals surface area contributed by atoms with E-state index in [-0.39, 0.29) is 24.2 Å². The van der Waals surface area contributed by atoms with E-state index in [1.165, 1.54) is 25.1 Å². The fourth-order valence-electron chi connectivity index (χ4n) is 7.17. The third-order valence-electron chi connectivity index (χ3n) is 9.06. The quantitative estimate of drug-likeness (QED) is 0.297. The van der Waals surface area contributed by atoms with Gasteiger partial charge in [0.1, 0.15) is 11.4 Å². The Morgan fingerprint density at radius 3 is 2.33 bits per heavy atom. The average Bonchev–Trinajstić information content (AvgIpc) is 2.86. The highest BCUT2D eigenvalue weighted by Gasteiger charge is 2.69. The summed E-state index contributed by atoms with van der Waals surface area (Å²) >= 11 is 0. The summed E-state index contributed by atoms with van der Waals surface area (Å²) < 4.78 is 0. The lowest BCUT2D eigenvalue weighted by Gasteiger charge is -2.52. The first-order chi connectivity index (χ1) is 18.3. The number of nitrogens with two attached hydrogens (primary N) is 1. The summed E-state index contributed by atoms with van der Waals surface area (Å²) in [5.74, 6) is -4.94. The van der Waals surface area contributed by atoms with Crippen LogP contribution in [-0.4, -0.2) is 80.6 Å². The molecule has 0 radical (unpaired) electrons. The second kappa shape index (κ2) is 9.37. The molecule has 10 nitrogen and oxygen atoms in total. The molecule has 0 aromatic heterocycles. The van der Waals surface area contributed by atoms with Gasteiger partial charge in [0.25, 0.3) is 0 Å². The maximum absolute atomic E-state index is 13.8. The van der Waals surface area contributed by atoms with E-state index < -0.39 is 70.0 Å². The number of carbonyl (C=O) groups excluding carboxylic acids is 5. The molecule has 3 saturated carbocycles. The topological polar surface area (TPSA) is 175 Å². The Morgan fingerprint density at radius 2 is 1.72 bits per heavy atom. The third kappa shape index (κ3) is 4.03. The summed E-state index contributed by atoms with van der Waals surface area (Å²) in [6.45, 7) is 0. The number of likely N-dealkylation sites (N-methyl/N-ethyl adjacent to an activating group) is 1. The second-order valence-electron chi connectivity index (χ2n) is 11.6. The third-order valence-corrected chi connectivity index (χ3v) is 9.06. The van der Waals surface area contributed by atoms with Crippen molar-refractivity contribution in [2.24, 2.45) is 29.4 Å². The second-order valence-corrected chi connectivity index (χ2v) is 11.6. The summed E-state index contributed by atoms with van der Waals surface area (Å²) in [5, 5.41) is 33.1. The van der Waals surface area contributed by atoms with Gasteiger partial charge >= 0.3 is 0 Å². The fraction of sp³-hybridized carbons (Fsp3) is 0.552. The monoisotopic (exact) mass is 536 g/mol. The van der Waals surface area contributed by atoms with Gasteiger partial charge in [-0.1, -0.05) is 18.3 Å². The molecule has 0 saturated heterocycles. The van der Waals surface area contributed by atoms with E-state index in [9.17, 15) is 39.3 Å². The van der Waals surface area contributed by atoms with Crippen molar-refractivity contribution in [1.82, 2.24) is 4.90 Å². The summed E-state index contributed by atoms with van der Waals surface area (Å²) in [5.41, 5.74) is 2.20. The smallest absolute Gasteiger partial charge is 0.235 e. The molecule has 10 heteroatoms. The Hall–Kier alpha value is -3.39. The summed E-state index contributed by atoms with van der Waals surface area (Å²) in [6.07, 6.45) is 3.91. The van der Waals surface area contributed by atoms with Crippen molar-refractivity contribution < 1.29 is 39.3 Å². The number of Topliss-reactive ketones (excluding diaryl/α,β-unsaturated/α-hetero) is 4. The molecule has 4 aliphatic carbocycles. The van der Waals surface area contributed by atoms with E-state index in [0.29, 0.717) is 24.0 Å². The number of nitrogens with zero attached hydrogens (tertiary/aromatic N) is 1. The van der Waals surface area contributed by atoms with E-state index in [4.69, 9.17) is 5.73 Å². The molecule has 39 heavy (non-hydrogen) atoms. The number of aliphatic hydroxyl groups is 2. The Labute approximate surface area is 225 Å². The molecule has 0 spiro atoms. The largest absolute Gasteiger partial charge is 0.507 e. The van der Waals surface area contributed by atoms with Gasteiger partial charge in [-0.25, -0.2) is 0 Å². The Morgan fingerprint density at radius 1 is 1.05 bits per heavy atom. The van der Waals surface area contributed by atoms with Crippen molar-refractivity contribution in [2.45, 2.75) is 62.2 Å². The number of rotatable bonds is 2. The van der Waals surface area contributed by atoms with Crippen molar-refractivity contribution in [3.05, 3.63) is 28.8 Å². The predicted molar refractivity (Wildman–Crippen MR) is 136 cm³/mol. The summed E-state index contributed by atoms with van der Waals surface area (Å²) in [4.78, 5) is 67.6. The van der Waals surface area contributed by atoms with Gasteiger partial charge in [0.15, 0.2) is 34.7 Å². The maximum atomic E-state index is 13.8. The van der Waals surface area contributed by atoms with Crippen LogP contribution in [0.4, 0.5) is 0 Å². The highest BCUT2D eigenvalue weighted by Crippen LogP contribution is 2.51. The first kappa shape index (κ1) is 27.2. The zero-order chi connectivity index (χ0) is 28.4. The van der Waals surface area contributed by atoms with Crippen LogP contribution in [0.5, 0.6) is 5.75 Å². The maximum Gasteiger partial charge on any atom is 0.235 e. The van der Waals surface area contributed by atoms with Gasteiger partial charge in [-0.3, -0.25) is 28.9 Å². The fourth-order valence-corrected chi connectivity index (χ4v) is 7.17. The van der Waals surface area contributed by atoms with Crippen LogP contribution in [0, 0.1) is 35.5 Å². The lowest BCUT2D eigenvalue weighted by atomic mass is 9.52. The number of ketones is 4. The van der Waals surface area contributed by atoms with Gasteiger partial charge in [0, 0.05) is 11.5 Å². The molecule has 0 aliphatic heterocycles. The molecule has 6 atom stereocenters. The van der Waals surface area contributed by atoms with Crippen molar-refractivity contribution in [3.63, 3.8) is 0 Å². The molecule has 1 aromatic carbocycles. The van der Waals surface area contributed by atoms with Gasteiger partial charge in [0.05, 0.1) is 17.5 Å². The van der Waals surface area contributed by atoms with Crippen LogP contribution >= 0.6 is 0 Å². The Kier molecular flexibility index (Phi) is 6.53. The van der Waals surface area contributed by atoms with E-state index in [0.717, 1.165) is 19.3 Å². The van der Waals surface area contributed by atoms with Crippen LogP contribution < -0.4 is 5.73 Å². The number of phenols is 1. The number of primary amides is 1. The Balaban J connectivity index is 1.59. The van der Waals surface area contributed by atoms with Crippen molar-refractivity contribution in [3.8, 4) is 17.6 Å². The van der Waals surface area contributed by atoms with Crippen molar-refractivity contribution >= 4 is 29.0 Å². The molecule has 5 N–H and O–H groups in total. The molecule has 0 heterocycles. The molecule has 5 rings (SSSR count). The number of fused-ring (bicyclic) bond motifs is 3. The highest BCUT2D eigenvalue weighted by atomic mass is 16.3. The zero-order valence-electron chi connectivity index (χ0n) is 21.9. The van der Waals surface area contributed by atoms with Crippen molar-refractivity contribution in [2.75, 3.05) is 14.1 Å². The summed E-state index contributed by atoms with van der Waals surface area (Å²) in [7, 11) is 3.08. The minimum atomic E-state index is -2.76. The van der Waals surface area contributed by atoms with E-state index >= 15 is 0 Å². The van der Waals surface area contributed by atoms with Gasteiger partial charge in [0.2, 0.25) is 5.91 Å². The molecule has 4 aliphatic rings. The minimum absolute atomic E-state index is 0.0314. The average molecular weight is 537 g/mol. The first-order valence-electron chi connectivity index (χ1n) is 13.3. The van der Waals surface area contributed by atoms with Gasteiger partial charge < -0.3 is 21.1 Å². The molecule has 3 fully saturated rings. The first-order valence-corrected chi connectivity index (χ1v) is 13.3. The van der Waals surface area contributed by atoms with Crippen molar-refractivity contribution in [1.29, 1.82) is 0 Å². The molecular formula is C29H32N2O8. The number of amides is 1. The Bertz CT molecular complexity index is 1360. The molecule has 2 unspecified atom stereocenters. The lowest BCUT2D eigenvalue weighted by molar-refractivity contribution is -0.181. The number of phenolic OH excluding ortho intramolecular Hbond substituents is 1. The normalized spacial score (nSPS) is 33.5. The van der Waals surface area contributed by atoms with Gasteiger partial charge in [-0.05, 0) is 76.2 Å². The summed E-state index contributed by atoms with van der Waals surface area (Å²) in [6, 6.07) is 1.71. The minimum Gasteiger partial charge on any atom is -0.507 e. The predicted octanol–water partition coefficient (Wildman–Crippen LogP) is -0.0863. The van der Waals surface area contributed by atoms with Crippen LogP contribution in [-0.2, 0) is 25.6 Å². The molecule has 0 bridgehead atoms. The number of carbonyl (C=O) groups is 5. The molecule has 1 aromatic rings. The number of hydrogen-bond donors (Lipinski definition) is 4. The lowest BCUT2D eigenvalue weighted by Crippen LogP contribution is -2.74. The van der Waals surface area contributed by atoms with E-state index in [1.54, 1.807) is 6.07 Å². The van der Waals surface area contributed by atoms with Crippen LogP contribution in [0.15, 0.2) is 12.1 Å². The molecule has 1 amide bonds. The number of hydrogen-bond acceptors (Lipinski definition) is 9. The molecular weight excluding hydrogens is 504 g/mol. The standard InChI is InChI=1S/C29H32N2O8/c1-31(2)22-17-13-15-12-16-14(8-11-28(38)9-4-3-5-10-28)6-7-18(32)20(16)23(33)19(15)25(35)29(17,39)26(36)21(24(22)34)27(30)37/h6-7,15,17,19,21-22,32,38-39H,3-5,9-10,12-13H2,1-2H3,(H2,30,37)/t15-,17-,19?,21?,22-,29-/m1/s1. The van der Waals surface area contributed by atoms with Crippen LogP contribution in [0.1, 0.15) is 60.0 Å².